The van der Waals surface area contributed by atoms with Crippen molar-refractivity contribution in [3.8, 4) is 0 Å². The Kier molecular flexibility index (Phi) is 4.02. The molecular formula is C13H21N3S2. The highest BCUT2D eigenvalue weighted by atomic mass is 32.2. The largest absolute Gasteiger partial charge is 0.360 e. The van der Waals surface area contributed by atoms with Crippen LogP contribution < -0.4 is 5.32 Å². The second kappa shape index (κ2) is 5.21. The molecule has 2 heterocycles. The maximum atomic E-state index is 4.81. The summed E-state index contributed by atoms with van der Waals surface area (Å²) >= 11 is 3.58. The molecule has 1 unspecified atom stereocenters. The van der Waals surface area contributed by atoms with Gasteiger partial charge in [-0.15, -0.1) is 11.3 Å². The van der Waals surface area contributed by atoms with Crippen molar-refractivity contribution in [3.05, 3.63) is 15.6 Å². The number of aromatic nitrogens is 1. The van der Waals surface area contributed by atoms with E-state index in [0.717, 1.165) is 21.6 Å². The van der Waals surface area contributed by atoms with Crippen LogP contribution in [0.15, 0.2) is 4.99 Å². The number of nitrogens with zero attached hydrogens (tertiary/aromatic N) is 2. The van der Waals surface area contributed by atoms with Crippen molar-refractivity contribution < 1.29 is 0 Å². The Labute approximate surface area is 118 Å². The predicted molar refractivity (Wildman–Crippen MR) is 81.7 cm³/mol. The first-order chi connectivity index (χ1) is 8.37. The number of aliphatic imine (C=N–C) groups is 1. The topological polar surface area (TPSA) is 37.3 Å². The minimum absolute atomic E-state index is 0.169. The van der Waals surface area contributed by atoms with E-state index in [0.29, 0.717) is 0 Å². The molecule has 0 saturated carbocycles. The molecule has 0 radical (unpaired) electrons. The quantitative estimate of drug-likeness (QED) is 0.899. The van der Waals surface area contributed by atoms with E-state index in [9.17, 15) is 0 Å². The number of rotatable bonds is 2. The Hall–Kier alpha value is -0.550. The second-order valence-electron chi connectivity index (χ2n) is 5.40. The molecule has 0 aliphatic carbocycles. The molecule has 1 N–H and O–H groups in total. The van der Waals surface area contributed by atoms with E-state index in [-0.39, 0.29) is 11.6 Å². The number of amidine groups is 1. The van der Waals surface area contributed by atoms with Crippen molar-refractivity contribution in [2.24, 2.45) is 4.99 Å². The normalized spacial score (nSPS) is 22.8. The van der Waals surface area contributed by atoms with Gasteiger partial charge in [0.15, 0.2) is 5.17 Å². The summed E-state index contributed by atoms with van der Waals surface area (Å²) in [4.78, 5) is 10.6. The molecule has 1 fully saturated rings. The zero-order chi connectivity index (χ0) is 13.3. The Morgan fingerprint density at radius 2 is 2.11 bits per heavy atom. The van der Waals surface area contributed by atoms with Crippen molar-refractivity contribution >= 4 is 28.3 Å². The lowest BCUT2D eigenvalue weighted by Crippen LogP contribution is -2.46. The Morgan fingerprint density at radius 3 is 2.67 bits per heavy atom. The van der Waals surface area contributed by atoms with Crippen LogP contribution in [-0.4, -0.2) is 21.4 Å². The van der Waals surface area contributed by atoms with Gasteiger partial charge in [0, 0.05) is 11.3 Å². The molecule has 18 heavy (non-hydrogen) atoms. The molecule has 1 aliphatic heterocycles. The van der Waals surface area contributed by atoms with Crippen LogP contribution in [-0.2, 0) is 0 Å². The summed E-state index contributed by atoms with van der Waals surface area (Å²) < 4.78 is 0. The Bertz CT molecular complexity index is 463. The molecule has 100 valence electrons. The fraction of sp³-hybridized carbons (Fsp3) is 0.692. The van der Waals surface area contributed by atoms with Crippen LogP contribution in [0.2, 0.25) is 0 Å². The molecule has 0 bridgehead atoms. The van der Waals surface area contributed by atoms with Crippen LogP contribution in [0.5, 0.6) is 0 Å². The first-order valence-corrected chi connectivity index (χ1v) is 8.10. The average molecular weight is 283 g/mol. The fourth-order valence-electron chi connectivity index (χ4n) is 2.03. The van der Waals surface area contributed by atoms with E-state index in [1.807, 2.05) is 11.8 Å². The van der Waals surface area contributed by atoms with Crippen molar-refractivity contribution in [2.75, 3.05) is 5.75 Å². The molecule has 1 aromatic rings. The monoisotopic (exact) mass is 283 g/mol. The summed E-state index contributed by atoms with van der Waals surface area (Å²) in [6, 6.07) is 0.195. The highest BCUT2D eigenvalue weighted by Gasteiger charge is 2.25. The molecule has 5 heteroatoms. The first-order valence-electron chi connectivity index (χ1n) is 6.30. The van der Waals surface area contributed by atoms with Crippen LogP contribution in [0, 0.1) is 13.8 Å². The highest BCUT2D eigenvalue weighted by Crippen LogP contribution is 2.29. The first kappa shape index (κ1) is 13.9. The SMILES string of the molecule is Cc1nc(C)c(C(C)N=C2NC(C)(C)CCS2)s1. The fourth-order valence-corrected chi connectivity index (χ4v) is 4.33. The number of hydrogen-bond donors (Lipinski definition) is 1. The van der Waals surface area contributed by atoms with Gasteiger partial charge in [-0.05, 0) is 41.0 Å². The predicted octanol–water partition coefficient (Wildman–Crippen LogP) is 3.68. The number of nitrogens with one attached hydrogen (secondary N) is 1. The summed E-state index contributed by atoms with van der Waals surface area (Å²) in [6.07, 6.45) is 1.18. The minimum Gasteiger partial charge on any atom is -0.360 e. The molecule has 0 aromatic carbocycles. The molecular weight excluding hydrogens is 262 g/mol. The lowest BCUT2D eigenvalue weighted by Gasteiger charge is -2.32. The van der Waals surface area contributed by atoms with Gasteiger partial charge in [0.1, 0.15) is 0 Å². The van der Waals surface area contributed by atoms with E-state index in [4.69, 9.17) is 4.99 Å². The van der Waals surface area contributed by atoms with Gasteiger partial charge in [-0.1, -0.05) is 11.8 Å². The standard InChI is InChI=1S/C13H21N3S2/c1-8-11(18-10(3)14-8)9(2)15-12-16-13(4,5)6-7-17-12/h9H,6-7H2,1-5H3,(H,15,16). The van der Waals surface area contributed by atoms with Gasteiger partial charge in [-0.3, -0.25) is 4.99 Å². The van der Waals surface area contributed by atoms with Crippen LogP contribution >= 0.6 is 23.1 Å². The maximum Gasteiger partial charge on any atom is 0.157 e. The van der Waals surface area contributed by atoms with E-state index >= 15 is 0 Å². The summed E-state index contributed by atoms with van der Waals surface area (Å²) in [5, 5.41) is 5.71. The van der Waals surface area contributed by atoms with Crippen LogP contribution in [0.4, 0.5) is 0 Å². The Balaban J connectivity index is 2.15. The summed E-state index contributed by atoms with van der Waals surface area (Å²) in [7, 11) is 0. The Morgan fingerprint density at radius 1 is 1.39 bits per heavy atom. The van der Waals surface area contributed by atoms with E-state index in [2.05, 4.69) is 44.9 Å². The second-order valence-corrected chi connectivity index (χ2v) is 7.72. The third-order valence-electron chi connectivity index (χ3n) is 3.04. The van der Waals surface area contributed by atoms with Crippen molar-refractivity contribution in [1.82, 2.24) is 10.3 Å². The molecule has 1 atom stereocenters. The molecule has 2 rings (SSSR count). The van der Waals surface area contributed by atoms with Gasteiger partial charge in [0.05, 0.1) is 21.6 Å². The molecule has 0 amide bonds. The lowest BCUT2D eigenvalue weighted by molar-refractivity contribution is 0.445. The summed E-state index contributed by atoms with van der Waals surface area (Å²) in [5.74, 6) is 1.15. The minimum atomic E-state index is 0.169. The van der Waals surface area contributed by atoms with Crippen molar-refractivity contribution in [1.29, 1.82) is 0 Å². The summed E-state index contributed by atoms with van der Waals surface area (Å²) in [6.45, 7) is 10.7. The van der Waals surface area contributed by atoms with E-state index in [1.165, 1.54) is 11.3 Å². The van der Waals surface area contributed by atoms with Gasteiger partial charge in [-0.2, -0.15) is 0 Å². The molecule has 1 aliphatic rings. The van der Waals surface area contributed by atoms with Gasteiger partial charge < -0.3 is 5.32 Å². The lowest BCUT2D eigenvalue weighted by atomic mass is 10.0. The molecule has 1 aromatic heterocycles. The number of thioether (sulfide) groups is 1. The van der Waals surface area contributed by atoms with Gasteiger partial charge in [0.25, 0.3) is 0 Å². The molecule has 1 saturated heterocycles. The molecule has 0 spiro atoms. The van der Waals surface area contributed by atoms with E-state index < -0.39 is 0 Å². The van der Waals surface area contributed by atoms with Gasteiger partial charge in [0.2, 0.25) is 0 Å². The van der Waals surface area contributed by atoms with Gasteiger partial charge in [-0.25, -0.2) is 4.98 Å². The van der Waals surface area contributed by atoms with E-state index in [1.54, 1.807) is 11.3 Å². The van der Waals surface area contributed by atoms with Crippen LogP contribution in [0.3, 0.4) is 0 Å². The third-order valence-corrected chi connectivity index (χ3v) is 5.17. The number of thiazole rings is 1. The number of hydrogen-bond acceptors (Lipinski definition) is 4. The zero-order valence-electron chi connectivity index (χ0n) is 11.7. The number of aryl methyl sites for hydroxylation is 2. The van der Waals surface area contributed by atoms with Crippen LogP contribution in [0.25, 0.3) is 0 Å². The third kappa shape index (κ3) is 3.26. The van der Waals surface area contributed by atoms with Crippen molar-refractivity contribution in [2.45, 2.75) is 52.6 Å². The smallest absolute Gasteiger partial charge is 0.157 e. The summed E-state index contributed by atoms with van der Waals surface area (Å²) in [5.41, 5.74) is 1.29. The van der Waals surface area contributed by atoms with Crippen LogP contribution in [0.1, 0.15) is 48.8 Å². The van der Waals surface area contributed by atoms with Gasteiger partial charge >= 0.3 is 0 Å². The molecule has 3 nitrogen and oxygen atoms in total. The average Bonchev–Trinajstić information content (AvgIpc) is 2.56. The zero-order valence-corrected chi connectivity index (χ0v) is 13.3. The highest BCUT2D eigenvalue weighted by molar-refractivity contribution is 8.13. The van der Waals surface area contributed by atoms with Crippen molar-refractivity contribution in [3.63, 3.8) is 0 Å². The maximum absolute atomic E-state index is 4.81.